The minimum atomic E-state index is -0.182. The van der Waals surface area contributed by atoms with Gasteiger partial charge in [0.05, 0.1) is 20.8 Å². The van der Waals surface area contributed by atoms with Crippen LogP contribution in [0.15, 0.2) is 50.1 Å². The SMILES string of the molecule is COc1cc(OC)c2c(=O)cc(-c3cccc(Br)c3)oc2c1[C@@H]1CCN(C)[C@H]1CO. The summed E-state index contributed by atoms with van der Waals surface area (Å²) in [4.78, 5) is 15.3. The topological polar surface area (TPSA) is 72.1 Å². The highest BCUT2D eigenvalue weighted by atomic mass is 79.9. The van der Waals surface area contributed by atoms with Crippen molar-refractivity contribution in [2.24, 2.45) is 0 Å². The van der Waals surface area contributed by atoms with Crippen LogP contribution in [0, 0.1) is 0 Å². The number of methoxy groups -OCH3 is 2. The quantitative estimate of drug-likeness (QED) is 0.603. The first-order valence-electron chi connectivity index (χ1n) is 9.78. The first-order valence-corrected chi connectivity index (χ1v) is 10.6. The number of hydrogen-bond donors (Lipinski definition) is 1. The van der Waals surface area contributed by atoms with Crippen molar-refractivity contribution < 1.29 is 19.0 Å². The van der Waals surface area contributed by atoms with Crippen LogP contribution in [0.5, 0.6) is 11.5 Å². The highest BCUT2D eigenvalue weighted by Gasteiger charge is 2.37. The minimum Gasteiger partial charge on any atom is -0.496 e. The third-order valence-corrected chi connectivity index (χ3v) is 6.39. The molecule has 1 N–H and O–H groups in total. The third kappa shape index (κ3) is 3.51. The number of aliphatic hydroxyl groups is 1. The van der Waals surface area contributed by atoms with Crippen LogP contribution in [0.25, 0.3) is 22.3 Å². The van der Waals surface area contributed by atoms with Gasteiger partial charge in [0.2, 0.25) is 0 Å². The molecule has 2 atom stereocenters. The highest BCUT2D eigenvalue weighted by Crippen LogP contribution is 2.44. The minimum absolute atomic E-state index is 0.00734. The molecule has 0 aliphatic carbocycles. The van der Waals surface area contributed by atoms with Gasteiger partial charge in [-0.05, 0) is 32.1 Å². The molecule has 158 valence electrons. The number of rotatable bonds is 5. The number of likely N-dealkylation sites (N-methyl/N-ethyl adjacent to an activating group) is 1. The van der Waals surface area contributed by atoms with Crippen LogP contribution in [-0.4, -0.2) is 50.5 Å². The summed E-state index contributed by atoms with van der Waals surface area (Å²) in [6.07, 6.45) is 0.824. The second-order valence-corrected chi connectivity index (χ2v) is 8.43. The number of benzene rings is 2. The zero-order valence-electron chi connectivity index (χ0n) is 17.1. The van der Waals surface area contributed by atoms with E-state index in [2.05, 4.69) is 20.8 Å². The monoisotopic (exact) mass is 473 g/mol. The number of aliphatic hydroxyl groups excluding tert-OH is 1. The number of ether oxygens (including phenoxy) is 2. The smallest absolute Gasteiger partial charge is 0.197 e. The van der Waals surface area contributed by atoms with Crippen molar-refractivity contribution in [2.45, 2.75) is 18.4 Å². The van der Waals surface area contributed by atoms with Crippen LogP contribution < -0.4 is 14.9 Å². The van der Waals surface area contributed by atoms with Crippen molar-refractivity contribution in [3.63, 3.8) is 0 Å². The summed E-state index contributed by atoms with van der Waals surface area (Å²) in [5, 5.41) is 10.4. The third-order valence-electron chi connectivity index (χ3n) is 5.90. The fourth-order valence-electron chi connectivity index (χ4n) is 4.37. The zero-order valence-corrected chi connectivity index (χ0v) is 18.7. The fourth-order valence-corrected chi connectivity index (χ4v) is 4.77. The van der Waals surface area contributed by atoms with Gasteiger partial charge in [0.15, 0.2) is 5.43 Å². The van der Waals surface area contributed by atoms with E-state index < -0.39 is 0 Å². The maximum atomic E-state index is 13.2. The first-order chi connectivity index (χ1) is 14.5. The molecule has 0 spiro atoms. The highest BCUT2D eigenvalue weighted by molar-refractivity contribution is 9.10. The predicted octanol–water partition coefficient (Wildman–Crippen LogP) is 4.02. The van der Waals surface area contributed by atoms with Crippen LogP contribution in [0.1, 0.15) is 17.9 Å². The Hall–Kier alpha value is -2.35. The van der Waals surface area contributed by atoms with Gasteiger partial charge >= 0.3 is 0 Å². The molecule has 1 aromatic heterocycles. The lowest BCUT2D eigenvalue weighted by atomic mass is 9.89. The summed E-state index contributed by atoms with van der Waals surface area (Å²) in [6.45, 7) is 0.843. The second-order valence-electron chi connectivity index (χ2n) is 7.51. The van der Waals surface area contributed by atoms with E-state index in [1.807, 2.05) is 31.3 Å². The van der Waals surface area contributed by atoms with E-state index in [-0.39, 0.29) is 24.0 Å². The van der Waals surface area contributed by atoms with E-state index in [0.29, 0.717) is 28.2 Å². The van der Waals surface area contributed by atoms with Crippen LogP contribution in [-0.2, 0) is 0 Å². The van der Waals surface area contributed by atoms with E-state index >= 15 is 0 Å². The van der Waals surface area contributed by atoms with Gasteiger partial charge in [0.25, 0.3) is 0 Å². The van der Waals surface area contributed by atoms with E-state index in [1.165, 1.54) is 13.2 Å². The molecule has 30 heavy (non-hydrogen) atoms. The molecule has 1 fully saturated rings. The van der Waals surface area contributed by atoms with Gasteiger partial charge in [-0.15, -0.1) is 0 Å². The molecular formula is C23H24BrNO5. The molecule has 1 aliphatic rings. The van der Waals surface area contributed by atoms with Crippen molar-refractivity contribution in [1.82, 2.24) is 4.90 Å². The number of likely N-dealkylation sites (tertiary alicyclic amines) is 1. The van der Waals surface area contributed by atoms with Gasteiger partial charge in [0, 0.05) is 39.7 Å². The standard InChI is InChI=1S/C23H24BrNO5/c1-25-8-7-15(16(25)12-26)21-19(28-2)11-20(29-3)22-17(27)10-18(30-23(21)22)13-5-4-6-14(24)9-13/h4-6,9-11,15-16,26H,7-8,12H2,1-3H3/t15-,16+/m1/s1. The number of halogens is 1. The summed E-state index contributed by atoms with van der Waals surface area (Å²) in [7, 11) is 5.10. The normalized spacial score (nSPS) is 19.4. The first kappa shape index (κ1) is 20.9. The van der Waals surface area contributed by atoms with Gasteiger partial charge in [-0.1, -0.05) is 28.1 Å². The molecule has 0 saturated carbocycles. The summed E-state index contributed by atoms with van der Waals surface area (Å²) < 4.78 is 18.4. The molecule has 3 aromatic rings. The molecule has 0 bridgehead atoms. The lowest BCUT2D eigenvalue weighted by Gasteiger charge is -2.25. The maximum absolute atomic E-state index is 13.2. The molecule has 4 rings (SSSR count). The lowest BCUT2D eigenvalue weighted by Crippen LogP contribution is -2.32. The summed E-state index contributed by atoms with van der Waals surface area (Å²) in [5.41, 5.74) is 1.86. The largest absolute Gasteiger partial charge is 0.496 e. The number of nitrogens with zero attached hydrogens (tertiary/aromatic N) is 1. The molecule has 7 heteroatoms. The zero-order chi connectivity index (χ0) is 21.4. The second kappa shape index (κ2) is 8.41. The van der Waals surface area contributed by atoms with Crippen molar-refractivity contribution >= 4 is 26.9 Å². The Morgan fingerprint density at radius 2 is 1.97 bits per heavy atom. The van der Waals surface area contributed by atoms with Gasteiger partial charge in [0.1, 0.15) is 28.2 Å². The van der Waals surface area contributed by atoms with E-state index in [0.717, 1.165) is 28.6 Å². The Labute approximate surface area is 183 Å². The summed E-state index contributed by atoms with van der Waals surface area (Å²) in [5.74, 6) is 1.43. The van der Waals surface area contributed by atoms with E-state index in [4.69, 9.17) is 13.9 Å². The van der Waals surface area contributed by atoms with Crippen molar-refractivity contribution in [1.29, 1.82) is 0 Å². The van der Waals surface area contributed by atoms with E-state index in [1.54, 1.807) is 13.2 Å². The molecule has 0 amide bonds. The molecule has 6 nitrogen and oxygen atoms in total. The van der Waals surface area contributed by atoms with Crippen LogP contribution in [0.4, 0.5) is 0 Å². The van der Waals surface area contributed by atoms with Crippen LogP contribution in [0.3, 0.4) is 0 Å². The van der Waals surface area contributed by atoms with Gasteiger partial charge < -0.3 is 23.9 Å². The number of hydrogen-bond acceptors (Lipinski definition) is 6. The maximum Gasteiger partial charge on any atom is 0.197 e. The molecule has 1 aliphatic heterocycles. The molecule has 1 saturated heterocycles. The Morgan fingerprint density at radius 1 is 1.20 bits per heavy atom. The van der Waals surface area contributed by atoms with Crippen molar-refractivity contribution in [2.75, 3.05) is 34.4 Å². The predicted molar refractivity (Wildman–Crippen MR) is 120 cm³/mol. The Balaban J connectivity index is 2.05. The molecular weight excluding hydrogens is 450 g/mol. The Kier molecular flexibility index (Phi) is 5.86. The average molecular weight is 474 g/mol. The van der Waals surface area contributed by atoms with Crippen molar-refractivity contribution in [3.05, 3.63) is 56.7 Å². The van der Waals surface area contributed by atoms with Gasteiger partial charge in [-0.2, -0.15) is 0 Å². The van der Waals surface area contributed by atoms with Crippen LogP contribution in [0.2, 0.25) is 0 Å². The number of fused-ring (bicyclic) bond motifs is 1. The van der Waals surface area contributed by atoms with Crippen molar-refractivity contribution in [3.8, 4) is 22.8 Å². The Morgan fingerprint density at radius 3 is 2.63 bits per heavy atom. The van der Waals surface area contributed by atoms with E-state index in [9.17, 15) is 9.90 Å². The summed E-state index contributed by atoms with van der Waals surface area (Å²) in [6, 6.07) is 10.8. The molecule has 2 heterocycles. The molecule has 2 aromatic carbocycles. The van der Waals surface area contributed by atoms with Gasteiger partial charge in [-0.3, -0.25) is 4.79 Å². The Bertz CT molecular complexity index is 1140. The average Bonchev–Trinajstić information content (AvgIpc) is 3.12. The van der Waals surface area contributed by atoms with Crippen LogP contribution >= 0.6 is 15.9 Å². The fraction of sp³-hybridized carbons (Fsp3) is 0.348. The molecule has 0 unspecified atom stereocenters. The van der Waals surface area contributed by atoms with Gasteiger partial charge in [-0.25, -0.2) is 0 Å². The molecule has 0 radical (unpaired) electrons. The lowest BCUT2D eigenvalue weighted by molar-refractivity contribution is 0.171. The summed E-state index contributed by atoms with van der Waals surface area (Å²) >= 11 is 3.47.